The predicted octanol–water partition coefficient (Wildman–Crippen LogP) is 2.32. The Morgan fingerprint density at radius 2 is 2.18 bits per heavy atom. The van der Waals surface area contributed by atoms with Crippen LogP contribution in [0, 0.1) is 5.41 Å². The Morgan fingerprint density at radius 3 is 2.86 bits per heavy atom. The monoisotopic (exact) mass is 317 g/mol. The lowest BCUT2D eigenvalue weighted by Crippen LogP contribution is -2.41. The molecule has 1 fully saturated rings. The molecule has 1 unspecified atom stereocenters. The zero-order chi connectivity index (χ0) is 15.6. The fraction of sp³-hybridized carbons (Fsp3) is 0.467. The highest BCUT2D eigenvalue weighted by molar-refractivity contribution is 7.12. The van der Waals surface area contributed by atoms with Crippen LogP contribution in [0.1, 0.15) is 26.7 Å². The first-order valence-corrected chi connectivity index (χ1v) is 8.33. The van der Waals surface area contributed by atoms with Gasteiger partial charge in [0, 0.05) is 29.7 Å². The fourth-order valence-electron chi connectivity index (χ4n) is 2.90. The molecule has 6 nitrogen and oxygen atoms in total. The first kappa shape index (κ1) is 14.9. The molecule has 0 bridgehead atoms. The van der Waals surface area contributed by atoms with E-state index in [-0.39, 0.29) is 17.4 Å². The van der Waals surface area contributed by atoms with Crippen LogP contribution in [0.15, 0.2) is 23.8 Å². The van der Waals surface area contributed by atoms with Gasteiger partial charge in [0.25, 0.3) is 0 Å². The number of anilines is 1. The van der Waals surface area contributed by atoms with Gasteiger partial charge in [-0.25, -0.2) is 15.0 Å². The van der Waals surface area contributed by atoms with Gasteiger partial charge in [-0.05, 0) is 18.9 Å². The van der Waals surface area contributed by atoms with Gasteiger partial charge >= 0.3 is 0 Å². The Morgan fingerprint density at radius 1 is 1.36 bits per heavy atom. The third kappa shape index (κ3) is 2.56. The van der Waals surface area contributed by atoms with Crippen molar-refractivity contribution in [2.45, 2.75) is 32.7 Å². The van der Waals surface area contributed by atoms with Gasteiger partial charge in [-0.2, -0.15) is 0 Å². The summed E-state index contributed by atoms with van der Waals surface area (Å²) in [6, 6.07) is 1.53. The van der Waals surface area contributed by atoms with Crippen molar-refractivity contribution >= 4 is 23.1 Å². The van der Waals surface area contributed by atoms with Gasteiger partial charge in [-0.3, -0.25) is 4.79 Å². The molecule has 1 saturated heterocycles. The highest BCUT2D eigenvalue weighted by Crippen LogP contribution is 2.35. The van der Waals surface area contributed by atoms with E-state index in [1.54, 1.807) is 18.5 Å². The molecule has 22 heavy (non-hydrogen) atoms. The topological polar surface area (TPSA) is 79.8 Å². The van der Waals surface area contributed by atoms with E-state index in [9.17, 15) is 4.79 Å². The number of hydrogen-bond acceptors (Lipinski definition) is 6. The molecule has 1 amide bonds. The lowest BCUT2D eigenvalue weighted by molar-refractivity contribution is -0.120. The van der Waals surface area contributed by atoms with Crippen LogP contribution >= 0.6 is 11.3 Å². The minimum absolute atomic E-state index is 0.0399. The summed E-state index contributed by atoms with van der Waals surface area (Å²) in [4.78, 5) is 25.2. The predicted molar refractivity (Wildman–Crippen MR) is 86.6 cm³/mol. The van der Waals surface area contributed by atoms with E-state index >= 15 is 0 Å². The second-order valence-corrected chi connectivity index (χ2v) is 6.36. The maximum Gasteiger partial charge on any atom is 0.243 e. The highest BCUT2D eigenvalue weighted by Gasteiger charge is 2.46. The molecule has 7 heteroatoms. The number of nitrogens with one attached hydrogen (secondary N) is 2. The van der Waals surface area contributed by atoms with Crippen LogP contribution < -0.4 is 10.6 Å². The molecule has 1 aliphatic rings. The van der Waals surface area contributed by atoms with Crippen molar-refractivity contribution < 1.29 is 4.79 Å². The highest BCUT2D eigenvalue weighted by atomic mass is 32.1. The Bertz CT molecular complexity index is 654. The van der Waals surface area contributed by atoms with E-state index in [2.05, 4.69) is 39.4 Å². The standard InChI is InChI=1S/C15H19N5OS/c1-3-15(4-2)9-18-13(21)11(15)19-10-5-6-16-12(20-10)14-17-7-8-22-14/h5-8,11H,3-4,9H2,1-2H3,(H,18,21)(H,16,19,20). The Hall–Kier alpha value is -2.02. The van der Waals surface area contributed by atoms with Crippen molar-refractivity contribution in [1.29, 1.82) is 0 Å². The van der Waals surface area contributed by atoms with Crippen molar-refractivity contribution in [3.63, 3.8) is 0 Å². The zero-order valence-corrected chi connectivity index (χ0v) is 13.5. The zero-order valence-electron chi connectivity index (χ0n) is 12.7. The maximum atomic E-state index is 12.2. The van der Waals surface area contributed by atoms with Crippen molar-refractivity contribution in [3.8, 4) is 10.8 Å². The molecule has 1 aliphatic heterocycles. The number of rotatable bonds is 5. The molecule has 3 heterocycles. The van der Waals surface area contributed by atoms with Gasteiger partial charge in [-0.15, -0.1) is 11.3 Å². The van der Waals surface area contributed by atoms with E-state index in [4.69, 9.17) is 0 Å². The molecule has 2 aromatic heterocycles. The molecular formula is C15H19N5OS. The summed E-state index contributed by atoms with van der Waals surface area (Å²) in [5.74, 6) is 1.28. The summed E-state index contributed by atoms with van der Waals surface area (Å²) in [6.07, 6.45) is 5.29. The quantitative estimate of drug-likeness (QED) is 0.884. The second-order valence-electron chi connectivity index (χ2n) is 5.47. The summed E-state index contributed by atoms with van der Waals surface area (Å²) in [5.41, 5.74) is -0.0661. The van der Waals surface area contributed by atoms with Gasteiger partial charge in [-0.1, -0.05) is 13.8 Å². The van der Waals surface area contributed by atoms with Gasteiger partial charge in [0.15, 0.2) is 10.8 Å². The lowest BCUT2D eigenvalue weighted by atomic mass is 9.78. The van der Waals surface area contributed by atoms with Crippen LogP contribution in [0.3, 0.4) is 0 Å². The fourth-order valence-corrected chi connectivity index (χ4v) is 3.47. The van der Waals surface area contributed by atoms with E-state index in [1.807, 2.05) is 5.38 Å². The summed E-state index contributed by atoms with van der Waals surface area (Å²) in [7, 11) is 0. The number of amides is 1. The number of nitrogens with zero attached hydrogens (tertiary/aromatic N) is 3. The molecule has 1 atom stereocenters. The smallest absolute Gasteiger partial charge is 0.243 e. The van der Waals surface area contributed by atoms with E-state index in [0.717, 1.165) is 17.8 Å². The third-order valence-corrected chi connectivity index (χ3v) is 5.24. The first-order valence-electron chi connectivity index (χ1n) is 7.45. The SMILES string of the molecule is CCC1(CC)CNC(=O)C1Nc1ccnc(-c2nccs2)n1. The molecule has 0 saturated carbocycles. The number of hydrogen-bond donors (Lipinski definition) is 2. The summed E-state index contributed by atoms with van der Waals surface area (Å²) < 4.78 is 0. The molecule has 0 radical (unpaired) electrons. The van der Waals surface area contributed by atoms with Crippen molar-refractivity contribution in [1.82, 2.24) is 20.3 Å². The molecule has 2 N–H and O–H groups in total. The molecule has 3 rings (SSSR count). The Labute approximate surface area is 133 Å². The van der Waals surface area contributed by atoms with Crippen LogP contribution in [-0.2, 0) is 4.79 Å². The number of aromatic nitrogens is 3. The average molecular weight is 317 g/mol. The Balaban J connectivity index is 1.86. The molecular weight excluding hydrogens is 298 g/mol. The number of carbonyl (C=O) groups excluding carboxylic acids is 1. The lowest BCUT2D eigenvalue weighted by Gasteiger charge is -2.31. The normalized spacial score (nSPS) is 19.9. The minimum Gasteiger partial charge on any atom is -0.358 e. The van der Waals surface area contributed by atoms with Crippen molar-refractivity contribution in [3.05, 3.63) is 23.8 Å². The number of thiazole rings is 1. The van der Waals surface area contributed by atoms with Crippen LogP contribution in [0.25, 0.3) is 10.8 Å². The molecule has 0 aliphatic carbocycles. The van der Waals surface area contributed by atoms with Gasteiger partial charge in [0.2, 0.25) is 5.91 Å². The van der Waals surface area contributed by atoms with Crippen molar-refractivity contribution in [2.75, 3.05) is 11.9 Å². The van der Waals surface area contributed by atoms with Crippen LogP contribution in [0.5, 0.6) is 0 Å². The number of carbonyl (C=O) groups is 1. The van der Waals surface area contributed by atoms with Crippen molar-refractivity contribution in [2.24, 2.45) is 5.41 Å². The van der Waals surface area contributed by atoms with Crippen LogP contribution in [-0.4, -0.2) is 33.4 Å². The molecule has 0 spiro atoms. The van der Waals surface area contributed by atoms with Gasteiger partial charge < -0.3 is 10.6 Å². The minimum atomic E-state index is -0.262. The molecule has 116 valence electrons. The summed E-state index contributed by atoms with van der Waals surface area (Å²) >= 11 is 1.49. The third-order valence-electron chi connectivity index (χ3n) is 4.47. The second kappa shape index (κ2) is 6.00. The molecule has 2 aromatic rings. The average Bonchev–Trinajstić information content (AvgIpc) is 3.18. The van der Waals surface area contributed by atoms with E-state index < -0.39 is 0 Å². The Kier molecular flexibility index (Phi) is 4.06. The van der Waals surface area contributed by atoms with E-state index in [0.29, 0.717) is 18.2 Å². The van der Waals surface area contributed by atoms with Crippen LogP contribution in [0.4, 0.5) is 5.82 Å². The van der Waals surface area contributed by atoms with E-state index in [1.165, 1.54) is 11.3 Å². The van der Waals surface area contributed by atoms with Crippen LogP contribution in [0.2, 0.25) is 0 Å². The van der Waals surface area contributed by atoms with Gasteiger partial charge in [0.1, 0.15) is 11.9 Å². The largest absolute Gasteiger partial charge is 0.358 e. The summed E-state index contributed by atoms with van der Waals surface area (Å²) in [5, 5.41) is 8.94. The molecule has 0 aromatic carbocycles. The summed E-state index contributed by atoms with van der Waals surface area (Å²) in [6.45, 7) is 4.96. The maximum absolute atomic E-state index is 12.2. The van der Waals surface area contributed by atoms with Gasteiger partial charge in [0.05, 0.1) is 0 Å². The first-order chi connectivity index (χ1) is 10.7.